The van der Waals surface area contributed by atoms with Gasteiger partial charge in [-0.25, -0.2) is 0 Å². The number of aromatic nitrogens is 2. The summed E-state index contributed by atoms with van der Waals surface area (Å²) in [4.78, 5) is 0. The predicted octanol–water partition coefficient (Wildman–Crippen LogP) is 1.43. The van der Waals surface area contributed by atoms with Crippen LogP contribution < -0.4 is 5.73 Å². The first-order chi connectivity index (χ1) is 6.70. The van der Waals surface area contributed by atoms with Crippen LogP contribution >= 0.6 is 0 Å². The van der Waals surface area contributed by atoms with Crippen LogP contribution in [0, 0.1) is 13.8 Å². The number of nitrogen functional groups attached to an aromatic ring is 1. The fourth-order valence-corrected chi connectivity index (χ4v) is 1.95. The van der Waals surface area contributed by atoms with E-state index in [-0.39, 0.29) is 0 Å². The number of nitrogens with zero attached hydrogens (tertiary/aromatic N) is 2. The van der Waals surface area contributed by atoms with Crippen LogP contribution in [0.5, 0.6) is 0 Å². The minimum Gasteiger partial charge on any atom is -0.396 e. The van der Waals surface area contributed by atoms with E-state index in [1.807, 2.05) is 18.5 Å². The van der Waals surface area contributed by atoms with E-state index in [0.29, 0.717) is 6.04 Å². The Bertz CT molecular complexity index is 326. The van der Waals surface area contributed by atoms with Crippen molar-refractivity contribution in [2.24, 2.45) is 0 Å². The van der Waals surface area contributed by atoms with E-state index in [9.17, 15) is 0 Å². The summed E-state index contributed by atoms with van der Waals surface area (Å²) < 4.78 is 7.46. The highest BCUT2D eigenvalue weighted by Crippen LogP contribution is 2.24. The lowest BCUT2D eigenvalue weighted by molar-refractivity contribution is 0.0541. The summed E-state index contributed by atoms with van der Waals surface area (Å²) in [7, 11) is 0. The molecule has 0 aromatic carbocycles. The monoisotopic (exact) mass is 195 g/mol. The Labute approximate surface area is 84.0 Å². The van der Waals surface area contributed by atoms with E-state index in [1.165, 1.54) is 0 Å². The van der Waals surface area contributed by atoms with Gasteiger partial charge in [-0.05, 0) is 26.7 Å². The van der Waals surface area contributed by atoms with Gasteiger partial charge in [0.05, 0.1) is 29.7 Å². The molecule has 1 fully saturated rings. The third-order valence-corrected chi connectivity index (χ3v) is 2.86. The van der Waals surface area contributed by atoms with E-state index in [0.717, 1.165) is 43.1 Å². The number of ether oxygens (including phenoxy) is 1. The Morgan fingerprint density at radius 2 is 2.29 bits per heavy atom. The Balaban J connectivity index is 2.26. The number of rotatable bonds is 1. The predicted molar refractivity (Wildman–Crippen MR) is 55.2 cm³/mol. The zero-order chi connectivity index (χ0) is 10.1. The molecule has 0 spiro atoms. The lowest BCUT2D eigenvalue weighted by atomic mass is 10.1. The Hall–Kier alpha value is -1.03. The molecule has 2 rings (SSSR count). The second kappa shape index (κ2) is 3.61. The molecule has 14 heavy (non-hydrogen) atoms. The Morgan fingerprint density at radius 1 is 1.50 bits per heavy atom. The first kappa shape index (κ1) is 9.52. The van der Waals surface area contributed by atoms with E-state index < -0.39 is 0 Å². The highest BCUT2D eigenvalue weighted by Gasteiger charge is 2.20. The summed E-state index contributed by atoms with van der Waals surface area (Å²) in [6.07, 6.45) is 2.25. The van der Waals surface area contributed by atoms with Crippen molar-refractivity contribution in [1.82, 2.24) is 9.78 Å². The van der Waals surface area contributed by atoms with Gasteiger partial charge in [0.1, 0.15) is 0 Å². The van der Waals surface area contributed by atoms with Crippen molar-refractivity contribution in [1.29, 1.82) is 0 Å². The van der Waals surface area contributed by atoms with Gasteiger partial charge in [0.25, 0.3) is 0 Å². The number of aryl methyl sites for hydroxylation is 1. The number of nitrogens with two attached hydrogens (primary N) is 1. The zero-order valence-corrected chi connectivity index (χ0v) is 8.79. The average molecular weight is 195 g/mol. The summed E-state index contributed by atoms with van der Waals surface area (Å²) in [5.74, 6) is 0. The molecule has 4 nitrogen and oxygen atoms in total. The van der Waals surface area contributed by atoms with Gasteiger partial charge in [0.15, 0.2) is 0 Å². The van der Waals surface area contributed by atoms with Gasteiger partial charge in [0.2, 0.25) is 0 Å². The zero-order valence-electron chi connectivity index (χ0n) is 8.79. The lowest BCUT2D eigenvalue weighted by Gasteiger charge is -2.23. The molecule has 0 saturated carbocycles. The lowest BCUT2D eigenvalue weighted by Crippen LogP contribution is -2.23. The molecule has 1 unspecified atom stereocenters. The van der Waals surface area contributed by atoms with Crippen LogP contribution in [0.2, 0.25) is 0 Å². The molecule has 1 aromatic rings. The van der Waals surface area contributed by atoms with Crippen molar-refractivity contribution in [3.8, 4) is 0 Å². The first-order valence-corrected chi connectivity index (χ1v) is 5.09. The molecule has 2 heterocycles. The van der Waals surface area contributed by atoms with Gasteiger partial charge in [-0.15, -0.1) is 0 Å². The van der Waals surface area contributed by atoms with Gasteiger partial charge < -0.3 is 10.5 Å². The highest BCUT2D eigenvalue weighted by atomic mass is 16.5. The number of anilines is 1. The molecule has 1 aliphatic heterocycles. The largest absolute Gasteiger partial charge is 0.396 e. The Morgan fingerprint density at radius 3 is 2.79 bits per heavy atom. The molecule has 1 atom stereocenters. The van der Waals surface area contributed by atoms with Crippen molar-refractivity contribution in [3.63, 3.8) is 0 Å². The number of hydrogen-bond donors (Lipinski definition) is 1. The van der Waals surface area contributed by atoms with E-state index in [2.05, 4.69) is 5.10 Å². The Kier molecular flexibility index (Phi) is 2.46. The van der Waals surface area contributed by atoms with Crippen molar-refractivity contribution in [2.75, 3.05) is 18.9 Å². The molecular formula is C10H17N3O. The molecule has 0 amide bonds. The second-order valence-corrected chi connectivity index (χ2v) is 3.90. The van der Waals surface area contributed by atoms with Gasteiger partial charge >= 0.3 is 0 Å². The van der Waals surface area contributed by atoms with Crippen molar-refractivity contribution in [2.45, 2.75) is 32.7 Å². The maximum Gasteiger partial charge on any atom is 0.0826 e. The minimum atomic E-state index is 0.375. The van der Waals surface area contributed by atoms with Crippen molar-refractivity contribution in [3.05, 3.63) is 11.4 Å². The topological polar surface area (TPSA) is 53.1 Å². The minimum absolute atomic E-state index is 0.375. The van der Waals surface area contributed by atoms with Crippen LogP contribution in [0.1, 0.15) is 30.3 Å². The van der Waals surface area contributed by atoms with Crippen LogP contribution in [0.4, 0.5) is 5.69 Å². The van der Waals surface area contributed by atoms with E-state index in [4.69, 9.17) is 10.5 Å². The molecule has 2 N–H and O–H groups in total. The molecule has 0 radical (unpaired) electrons. The highest BCUT2D eigenvalue weighted by molar-refractivity contribution is 5.47. The van der Waals surface area contributed by atoms with Gasteiger partial charge in [-0.2, -0.15) is 5.10 Å². The summed E-state index contributed by atoms with van der Waals surface area (Å²) in [5.41, 5.74) is 8.69. The third kappa shape index (κ3) is 1.50. The smallest absolute Gasteiger partial charge is 0.0826 e. The van der Waals surface area contributed by atoms with Crippen LogP contribution in [0.15, 0.2) is 0 Å². The molecule has 1 aliphatic rings. The molecule has 1 saturated heterocycles. The summed E-state index contributed by atoms with van der Waals surface area (Å²) in [6.45, 7) is 5.61. The van der Waals surface area contributed by atoms with Gasteiger partial charge in [0, 0.05) is 6.61 Å². The SMILES string of the molecule is Cc1nn(C2CCCOC2)c(C)c1N. The van der Waals surface area contributed by atoms with Crippen LogP contribution in [-0.4, -0.2) is 23.0 Å². The quantitative estimate of drug-likeness (QED) is 0.737. The number of hydrogen-bond acceptors (Lipinski definition) is 3. The maximum absolute atomic E-state index is 5.89. The fraction of sp³-hybridized carbons (Fsp3) is 0.700. The van der Waals surface area contributed by atoms with Crippen molar-refractivity contribution >= 4 is 5.69 Å². The van der Waals surface area contributed by atoms with E-state index >= 15 is 0 Å². The normalized spacial score (nSPS) is 22.6. The molecule has 1 aromatic heterocycles. The average Bonchev–Trinajstić information content (AvgIpc) is 2.47. The van der Waals surface area contributed by atoms with Crippen LogP contribution in [-0.2, 0) is 4.74 Å². The second-order valence-electron chi connectivity index (χ2n) is 3.90. The third-order valence-electron chi connectivity index (χ3n) is 2.86. The van der Waals surface area contributed by atoms with Crippen LogP contribution in [0.3, 0.4) is 0 Å². The van der Waals surface area contributed by atoms with E-state index in [1.54, 1.807) is 0 Å². The fourth-order valence-electron chi connectivity index (χ4n) is 1.95. The van der Waals surface area contributed by atoms with Gasteiger partial charge in [-0.3, -0.25) is 4.68 Å². The molecule has 0 aliphatic carbocycles. The van der Waals surface area contributed by atoms with Crippen molar-refractivity contribution < 1.29 is 4.74 Å². The molecular weight excluding hydrogens is 178 g/mol. The summed E-state index contributed by atoms with van der Waals surface area (Å²) >= 11 is 0. The molecule has 78 valence electrons. The standard InChI is InChI=1S/C10H17N3O/c1-7-10(11)8(2)13(12-7)9-4-3-5-14-6-9/h9H,3-6,11H2,1-2H3. The molecule has 4 heteroatoms. The molecule has 0 bridgehead atoms. The summed E-state index contributed by atoms with van der Waals surface area (Å²) in [5, 5.41) is 4.45. The van der Waals surface area contributed by atoms with Crippen LogP contribution in [0.25, 0.3) is 0 Å². The first-order valence-electron chi connectivity index (χ1n) is 5.09. The maximum atomic E-state index is 5.89. The van der Waals surface area contributed by atoms with Gasteiger partial charge in [-0.1, -0.05) is 0 Å². The summed E-state index contributed by atoms with van der Waals surface area (Å²) in [6, 6.07) is 0.375.